The number of fused-ring (bicyclic) bond motifs is 1. The molecule has 5 nitrogen and oxygen atoms in total. The summed E-state index contributed by atoms with van der Waals surface area (Å²) in [6.45, 7) is 4.78. The van der Waals surface area contributed by atoms with Gasteiger partial charge in [0.05, 0.1) is 6.54 Å². The van der Waals surface area contributed by atoms with Crippen molar-refractivity contribution in [2.75, 3.05) is 7.05 Å². The van der Waals surface area contributed by atoms with E-state index in [2.05, 4.69) is 23.4 Å². The molecule has 0 aliphatic rings. The third kappa shape index (κ3) is 3.10. The molecule has 2 aromatic heterocycles. The first-order chi connectivity index (χ1) is 11.0. The largest absolute Gasteiger partial charge is 0.428 e. The minimum absolute atomic E-state index is 0.0732. The molecule has 23 heavy (non-hydrogen) atoms. The molecular formula is C17H18ClN3O2. The highest BCUT2D eigenvalue weighted by atomic mass is 35.5. The summed E-state index contributed by atoms with van der Waals surface area (Å²) in [5, 5.41) is 0.0766. The summed E-state index contributed by atoms with van der Waals surface area (Å²) in [7, 11) is 1.79. The van der Waals surface area contributed by atoms with Gasteiger partial charge in [-0.3, -0.25) is 4.79 Å². The van der Waals surface area contributed by atoms with Gasteiger partial charge in [-0.15, -0.1) is 0 Å². The second-order valence-corrected chi connectivity index (χ2v) is 6.13. The minimum atomic E-state index is -0.0732. The minimum Gasteiger partial charge on any atom is -0.428 e. The van der Waals surface area contributed by atoms with Crippen LogP contribution in [0.5, 0.6) is 0 Å². The van der Waals surface area contributed by atoms with Gasteiger partial charge in [-0.2, -0.15) is 4.98 Å². The summed E-state index contributed by atoms with van der Waals surface area (Å²) in [5.41, 5.74) is 2.80. The van der Waals surface area contributed by atoms with E-state index in [4.69, 9.17) is 16.0 Å². The number of oxazole rings is 1. The fourth-order valence-electron chi connectivity index (χ4n) is 2.63. The molecule has 0 aliphatic heterocycles. The number of hydrogen-bond donors (Lipinski definition) is 0. The van der Waals surface area contributed by atoms with Gasteiger partial charge in [-0.05, 0) is 55.8 Å². The van der Waals surface area contributed by atoms with E-state index in [0.29, 0.717) is 29.2 Å². The Morgan fingerprint density at radius 2 is 2.17 bits per heavy atom. The number of carbonyl (C=O) groups excluding carboxylic acids is 1. The lowest BCUT2D eigenvalue weighted by atomic mass is 10.2. The Bertz CT molecular complexity index is 851. The first kappa shape index (κ1) is 15.6. The molecule has 0 saturated heterocycles. The van der Waals surface area contributed by atoms with Gasteiger partial charge in [0.2, 0.25) is 0 Å². The van der Waals surface area contributed by atoms with Crippen molar-refractivity contribution >= 4 is 28.6 Å². The van der Waals surface area contributed by atoms with Crippen LogP contribution in [0.15, 0.2) is 40.9 Å². The van der Waals surface area contributed by atoms with Crippen LogP contribution in [0.2, 0.25) is 5.35 Å². The van der Waals surface area contributed by atoms with Crippen molar-refractivity contribution in [2.24, 2.45) is 0 Å². The molecule has 0 N–H and O–H groups in total. The number of hydrogen-bond acceptors (Lipinski definition) is 3. The van der Waals surface area contributed by atoms with Crippen molar-refractivity contribution in [3.8, 4) is 0 Å². The van der Waals surface area contributed by atoms with E-state index in [1.165, 1.54) is 0 Å². The SMILES string of the molecule is CC(C)n1cccc1CN(C)C(=O)c1ccc2nc(Cl)oc2c1. The normalized spacial score (nSPS) is 11.3. The lowest BCUT2D eigenvalue weighted by Gasteiger charge is -2.20. The van der Waals surface area contributed by atoms with Crippen molar-refractivity contribution in [1.29, 1.82) is 0 Å². The van der Waals surface area contributed by atoms with E-state index in [0.717, 1.165) is 5.69 Å². The molecule has 0 fully saturated rings. The van der Waals surface area contributed by atoms with Crippen LogP contribution in [-0.4, -0.2) is 27.4 Å². The summed E-state index contributed by atoms with van der Waals surface area (Å²) in [6, 6.07) is 9.54. The molecule has 0 spiro atoms. The molecule has 1 aromatic carbocycles. The summed E-state index contributed by atoms with van der Waals surface area (Å²) >= 11 is 5.74. The Hall–Kier alpha value is -2.27. The number of carbonyl (C=O) groups is 1. The molecular weight excluding hydrogens is 314 g/mol. The summed E-state index contributed by atoms with van der Waals surface area (Å²) in [6.07, 6.45) is 2.03. The second kappa shape index (κ2) is 6.08. The molecule has 1 amide bonds. The molecule has 0 saturated carbocycles. The first-order valence-electron chi connectivity index (χ1n) is 7.43. The highest BCUT2D eigenvalue weighted by molar-refractivity contribution is 6.28. The summed E-state index contributed by atoms with van der Waals surface area (Å²) < 4.78 is 7.43. The Morgan fingerprint density at radius 3 is 2.91 bits per heavy atom. The van der Waals surface area contributed by atoms with Gasteiger partial charge in [-0.1, -0.05) is 0 Å². The van der Waals surface area contributed by atoms with Crippen LogP contribution in [0, 0.1) is 0 Å². The smallest absolute Gasteiger partial charge is 0.293 e. The molecule has 2 heterocycles. The Morgan fingerprint density at radius 1 is 1.39 bits per heavy atom. The maximum absolute atomic E-state index is 12.6. The van der Waals surface area contributed by atoms with E-state index in [1.54, 1.807) is 30.1 Å². The Labute approximate surface area is 139 Å². The van der Waals surface area contributed by atoms with Gasteiger partial charge < -0.3 is 13.9 Å². The quantitative estimate of drug-likeness (QED) is 0.722. The zero-order chi connectivity index (χ0) is 16.6. The van der Waals surface area contributed by atoms with Crippen LogP contribution >= 0.6 is 11.6 Å². The van der Waals surface area contributed by atoms with Crippen molar-refractivity contribution in [3.63, 3.8) is 0 Å². The molecule has 0 unspecified atom stereocenters. The van der Waals surface area contributed by atoms with Crippen LogP contribution in [0.25, 0.3) is 11.1 Å². The lowest BCUT2D eigenvalue weighted by molar-refractivity contribution is 0.0781. The predicted octanol–water partition coefficient (Wildman–Crippen LogP) is 4.14. The third-order valence-corrected chi connectivity index (χ3v) is 3.94. The van der Waals surface area contributed by atoms with Crippen LogP contribution in [-0.2, 0) is 6.54 Å². The molecule has 3 aromatic rings. The molecule has 120 valence electrons. The maximum atomic E-state index is 12.6. The number of nitrogens with zero attached hydrogens (tertiary/aromatic N) is 3. The van der Waals surface area contributed by atoms with Crippen molar-refractivity contribution in [1.82, 2.24) is 14.5 Å². The lowest BCUT2D eigenvalue weighted by Crippen LogP contribution is -2.27. The number of benzene rings is 1. The number of rotatable bonds is 4. The molecule has 0 radical (unpaired) electrons. The van der Waals surface area contributed by atoms with Crippen LogP contribution < -0.4 is 0 Å². The second-order valence-electron chi connectivity index (χ2n) is 5.81. The molecule has 0 aliphatic carbocycles. The van der Waals surface area contributed by atoms with Crippen LogP contribution in [0.3, 0.4) is 0 Å². The van der Waals surface area contributed by atoms with Crippen molar-refractivity contribution in [2.45, 2.75) is 26.4 Å². The van der Waals surface area contributed by atoms with Gasteiger partial charge >= 0.3 is 0 Å². The number of aromatic nitrogens is 2. The van der Waals surface area contributed by atoms with Gasteiger partial charge in [0, 0.05) is 30.5 Å². The Balaban J connectivity index is 1.81. The molecule has 0 atom stereocenters. The van der Waals surface area contributed by atoms with Gasteiger partial charge in [-0.25, -0.2) is 0 Å². The Kier molecular flexibility index (Phi) is 4.13. The van der Waals surface area contributed by atoms with Crippen molar-refractivity contribution in [3.05, 3.63) is 53.1 Å². The highest BCUT2D eigenvalue weighted by Gasteiger charge is 2.16. The zero-order valence-electron chi connectivity index (χ0n) is 13.3. The zero-order valence-corrected chi connectivity index (χ0v) is 14.0. The van der Waals surface area contributed by atoms with E-state index in [-0.39, 0.29) is 11.3 Å². The topological polar surface area (TPSA) is 51.3 Å². The number of amides is 1. The summed E-state index contributed by atoms with van der Waals surface area (Å²) in [5.74, 6) is -0.0732. The third-order valence-electron chi connectivity index (χ3n) is 3.78. The maximum Gasteiger partial charge on any atom is 0.293 e. The monoisotopic (exact) mass is 331 g/mol. The fraction of sp³-hybridized carbons (Fsp3) is 0.294. The van der Waals surface area contributed by atoms with Crippen molar-refractivity contribution < 1.29 is 9.21 Å². The average Bonchev–Trinajstić information content (AvgIpc) is 3.10. The first-order valence-corrected chi connectivity index (χ1v) is 7.81. The van der Waals surface area contributed by atoms with Gasteiger partial charge in [0.25, 0.3) is 11.3 Å². The average molecular weight is 332 g/mol. The highest BCUT2D eigenvalue weighted by Crippen LogP contribution is 2.21. The van der Waals surface area contributed by atoms with E-state index in [9.17, 15) is 4.79 Å². The van der Waals surface area contributed by atoms with Gasteiger partial charge in [0.1, 0.15) is 5.52 Å². The van der Waals surface area contributed by atoms with E-state index >= 15 is 0 Å². The predicted molar refractivity (Wildman–Crippen MR) is 89.6 cm³/mol. The van der Waals surface area contributed by atoms with E-state index < -0.39 is 0 Å². The van der Waals surface area contributed by atoms with Crippen LogP contribution in [0.1, 0.15) is 35.9 Å². The molecule has 3 rings (SSSR count). The van der Waals surface area contributed by atoms with Gasteiger partial charge in [0.15, 0.2) is 5.58 Å². The number of halogens is 1. The fourth-order valence-corrected chi connectivity index (χ4v) is 2.81. The molecule has 0 bridgehead atoms. The standard InChI is InChI=1S/C17H18ClN3O2/c1-11(2)21-8-4-5-13(21)10-20(3)16(22)12-6-7-14-15(9-12)23-17(18)19-14/h4-9,11H,10H2,1-3H3. The molecule has 6 heteroatoms. The van der Waals surface area contributed by atoms with Crippen LogP contribution in [0.4, 0.5) is 0 Å². The summed E-state index contributed by atoms with van der Waals surface area (Å²) in [4.78, 5) is 18.3. The van der Waals surface area contributed by atoms with E-state index in [1.807, 2.05) is 18.3 Å².